The van der Waals surface area contributed by atoms with Crippen molar-refractivity contribution in [2.24, 2.45) is 0 Å². The predicted molar refractivity (Wildman–Crippen MR) is 80.7 cm³/mol. The molecule has 1 atom stereocenters. The highest BCUT2D eigenvalue weighted by Gasteiger charge is 2.17. The Morgan fingerprint density at radius 1 is 1.41 bits per heavy atom. The van der Waals surface area contributed by atoms with Crippen LogP contribution in [0.3, 0.4) is 0 Å². The molecule has 0 aliphatic rings. The van der Waals surface area contributed by atoms with Gasteiger partial charge in [0, 0.05) is 24.5 Å². The molecule has 0 saturated carbocycles. The maximum Gasteiger partial charge on any atom is 0.273 e. The average molecular weight is 326 g/mol. The summed E-state index contributed by atoms with van der Waals surface area (Å²) >= 11 is 1.19. The summed E-state index contributed by atoms with van der Waals surface area (Å²) in [6.07, 6.45) is -0.00832. The number of hydrogen-bond donors (Lipinski definition) is 1. The van der Waals surface area contributed by atoms with E-state index in [0.717, 1.165) is 12.1 Å². The second-order valence-electron chi connectivity index (χ2n) is 5.03. The van der Waals surface area contributed by atoms with Gasteiger partial charge >= 0.3 is 0 Å². The Morgan fingerprint density at radius 3 is 2.77 bits per heavy atom. The molecule has 7 heteroatoms. The molecular formula is C15H16F2N2O2S. The van der Waals surface area contributed by atoms with E-state index in [1.807, 2.05) is 0 Å². The zero-order valence-corrected chi connectivity index (χ0v) is 13.0. The number of aromatic nitrogens is 1. The highest BCUT2D eigenvalue weighted by molar-refractivity contribution is 7.13. The minimum absolute atomic E-state index is 0.248. The molecule has 1 aromatic carbocycles. The number of nitrogens with zero attached hydrogens (tertiary/aromatic N) is 2. The largest absolute Gasteiger partial charge is 0.393 e. The van der Waals surface area contributed by atoms with Crippen LogP contribution in [0, 0.1) is 11.6 Å². The van der Waals surface area contributed by atoms with Crippen LogP contribution in [-0.4, -0.2) is 40.6 Å². The third kappa shape index (κ3) is 3.86. The Hall–Kier alpha value is -1.86. The standard InChI is InChI=1S/C15H16F2N2O2S/c1-9(20)5-6-19(2)15(21)13-8-22-14(18-13)10-3-4-11(16)12(17)7-10/h3-4,7-9,20H,5-6H2,1-2H3. The van der Waals surface area contributed by atoms with E-state index < -0.39 is 17.7 Å². The van der Waals surface area contributed by atoms with Gasteiger partial charge < -0.3 is 10.0 Å². The zero-order valence-electron chi connectivity index (χ0n) is 12.2. The molecule has 0 fully saturated rings. The number of amides is 1. The number of benzene rings is 1. The number of aliphatic hydroxyl groups is 1. The number of halogens is 2. The lowest BCUT2D eigenvalue weighted by Gasteiger charge is -2.16. The van der Waals surface area contributed by atoms with Crippen LogP contribution in [0.5, 0.6) is 0 Å². The molecule has 2 rings (SSSR count). The van der Waals surface area contributed by atoms with Crippen molar-refractivity contribution >= 4 is 17.2 Å². The Balaban J connectivity index is 2.13. The summed E-state index contributed by atoms with van der Waals surface area (Å²) in [7, 11) is 1.63. The lowest BCUT2D eigenvalue weighted by Crippen LogP contribution is -2.29. The lowest BCUT2D eigenvalue weighted by molar-refractivity contribution is 0.0764. The third-order valence-electron chi connectivity index (χ3n) is 3.12. The first-order chi connectivity index (χ1) is 10.4. The Kier molecular flexibility index (Phi) is 5.20. The van der Waals surface area contributed by atoms with E-state index in [1.54, 1.807) is 19.4 Å². The van der Waals surface area contributed by atoms with Crippen molar-refractivity contribution in [3.05, 3.63) is 40.9 Å². The Labute approximate surface area is 131 Å². The van der Waals surface area contributed by atoms with Gasteiger partial charge in [-0.25, -0.2) is 13.8 Å². The first kappa shape index (κ1) is 16.5. The minimum Gasteiger partial charge on any atom is -0.393 e. The van der Waals surface area contributed by atoms with Crippen molar-refractivity contribution in [3.63, 3.8) is 0 Å². The van der Waals surface area contributed by atoms with Gasteiger partial charge in [0.2, 0.25) is 0 Å². The SMILES string of the molecule is CC(O)CCN(C)C(=O)c1csc(-c2ccc(F)c(F)c2)n1. The van der Waals surface area contributed by atoms with Crippen LogP contribution in [0.4, 0.5) is 8.78 Å². The molecule has 2 aromatic rings. The van der Waals surface area contributed by atoms with E-state index in [-0.39, 0.29) is 11.6 Å². The van der Waals surface area contributed by atoms with E-state index >= 15 is 0 Å². The van der Waals surface area contributed by atoms with E-state index in [0.29, 0.717) is 23.5 Å². The molecule has 1 aromatic heterocycles. The fraction of sp³-hybridized carbons (Fsp3) is 0.333. The van der Waals surface area contributed by atoms with Gasteiger partial charge in [-0.2, -0.15) is 0 Å². The van der Waals surface area contributed by atoms with E-state index in [4.69, 9.17) is 0 Å². The monoisotopic (exact) mass is 326 g/mol. The molecular weight excluding hydrogens is 310 g/mol. The summed E-state index contributed by atoms with van der Waals surface area (Å²) < 4.78 is 26.2. The number of hydrogen-bond acceptors (Lipinski definition) is 4. The zero-order chi connectivity index (χ0) is 16.3. The van der Waals surface area contributed by atoms with Gasteiger partial charge in [-0.3, -0.25) is 4.79 Å². The second-order valence-corrected chi connectivity index (χ2v) is 5.89. The molecule has 1 N–H and O–H groups in total. The first-order valence-electron chi connectivity index (χ1n) is 6.73. The van der Waals surface area contributed by atoms with Crippen molar-refractivity contribution in [2.45, 2.75) is 19.4 Å². The molecule has 4 nitrogen and oxygen atoms in total. The summed E-state index contributed by atoms with van der Waals surface area (Å²) in [5, 5.41) is 11.3. The van der Waals surface area contributed by atoms with Gasteiger partial charge in [0.25, 0.3) is 5.91 Å². The molecule has 0 aliphatic heterocycles. The summed E-state index contributed by atoms with van der Waals surface area (Å²) in [5.74, 6) is -2.14. The second kappa shape index (κ2) is 6.93. The number of carbonyl (C=O) groups is 1. The van der Waals surface area contributed by atoms with Crippen LogP contribution in [0.25, 0.3) is 10.6 Å². The molecule has 0 aliphatic carbocycles. The molecule has 0 radical (unpaired) electrons. The summed E-state index contributed by atoms with van der Waals surface area (Å²) in [4.78, 5) is 17.8. The van der Waals surface area contributed by atoms with Crippen molar-refractivity contribution in [1.29, 1.82) is 0 Å². The molecule has 1 amide bonds. The average Bonchev–Trinajstić information content (AvgIpc) is 2.96. The first-order valence-corrected chi connectivity index (χ1v) is 7.61. The molecule has 0 saturated heterocycles. The highest BCUT2D eigenvalue weighted by Crippen LogP contribution is 2.25. The van der Waals surface area contributed by atoms with E-state index in [1.165, 1.54) is 22.3 Å². The van der Waals surface area contributed by atoms with Crippen LogP contribution in [0.1, 0.15) is 23.8 Å². The smallest absolute Gasteiger partial charge is 0.273 e. The van der Waals surface area contributed by atoms with Crippen molar-refractivity contribution < 1.29 is 18.7 Å². The van der Waals surface area contributed by atoms with Gasteiger partial charge in [-0.15, -0.1) is 11.3 Å². The number of thiazole rings is 1. The minimum atomic E-state index is -0.949. The number of carbonyl (C=O) groups excluding carboxylic acids is 1. The van der Waals surface area contributed by atoms with Gasteiger partial charge in [0.15, 0.2) is 11.6 Å². The fourth-order valence-electron chi connectivity index (χ4n) is 1.81. The van der Waals surface area contributed by atoms with Gasteiger partial charge in [0.05, 0.1) is 6.10 Å². The van der Waals surface area contributed by atoms with Crippen LogP contribution in [0.2, 0.25) is 0 Å². The summed E-state index contributed by atoms with van der Waals surface area (Å²) in [6.45, 7) is 2.07. The topological polar surface area (TPSA) is 53.4 Å². The van der Waals surface area contributed by atoms with Gasteiger partial charge in [-0.1, -0.05) is 0 Å². The van der Waals surface area contributed by atoms with Crippen molar-refractivity contribution in [3.8, 4) is 10.6 Å². The molecule has 0 bridgehead atoms. The third-order valence-corrected chi connectivity index (χ3v) is 4.01. The Bertz CT molecular complexity index is 673. The number of rotatable bonds is 5. The van der Waals surface area contributed by atoms with Crippen molar-refractivity contribution in [1.82, 2.24) is 9.88 Å². The molecule has 22 heavy (non-hydrogen) atoms. The van der Waals surface area contributed by atoms with E-state index in [9.17, 15) is 18.7 Å². The lowest BCUT2D eigenvalue weighted by atomic mass is 10.2. The van der Waals surface area contributed by atoms with Crippen LogP contribution in [0.15, 0.2) is 23.6 Å². The van der Waals surface area contributed by atoms with Crippen LogP contribution < -0.4 is 0 Å². The highest BCUT2D eigenvalue weighted by atomic mass is 32.1. The Morgan fingerprint density at radius 2 is 2.14 bits per heavy atom. The molecule has 118 valence electrons. The van der Waals surface area contributed by atoms with Crippen molar-refractivity contribution in [2.75, 3.05) is 13.6 Å². The normalized spacial score (nSPS) is 12.2. The molecule has 1 unspecified atom stereocenters. The summed E-state index contributed by atoms with van der Waals surface area (Å²) in [5.41, 5.74) is 0.674. The fourth-order valence-corrected chi connectivity index (χ4v) is 2.60. The van der Waals surface area contributed by atoms with Gasteiger partial charge in [0.1, 0.15) is 10.7 Å². The maximum absolute atomic E-state index is 13.2. The van der Waals surface area contributed by atoms with Gasteiger partial charge in [-0.05, 0) is 31.5 Å². The molecule has 1 heterocycles. The maximum atomic E-state index is 13.2. The predicted octanol–water partition coefficient (Wildman–Crippen LogP) is 2.93. The van der Waals surface area contributed by atoms with Crippen LogP contribution in [-0.2, 0) is 0 Å². The number of aliphatic hydroxyl groups excluding tert-OH is 1. The summed E-state index contributed by atoms with van der Waals surface area (Å²) in [6, 6.07) is 3.50. The quantitative estimate of drug-likeness (QED) is 0.919. The molecule has 0 spiro atoms. The van der Waals surface area contributed by atoms with E-state index in [2.05, 4.69) is 4.98 Å². The van der Waals surface area contributed by atoms with Crippen LogP contribution >= 0.6 is 11.3 Å².